The van der Waals surface area contributed by atoms with E-state index in [2.05, 4.69) is 36.0 Å². The number of aromatic nitrogens is 8. The maximum Gasteiger partial charge on any atom is 0.451 e. The van der Waals surface area contributed by atoms with Gasteiger partial charge in [-0.2, -0.15) is 18.3 Å². The highest BCUT2D eigenvalue weighted by atomic mass is 19.4. The molecule has 30 heavy (non-hydrogen) atoms. The van der Waals surface area contributed by atoms with Crippen molar-refractivity contribution in [3.63, 3.8) is 0 Å². The van der Waals surface area contributed by atoms with E-state index < -0.39 is 34.9 Å². The molecule has 3 aromatic heterocycles. The number of alkyl halides is 3. The van der Waals surface area contributed by atoms with Gasteiger partial charge in [-0.25, -0.2) is 18.4 Å². The topological polar surface area (TPSA) is 98.7 Å². The quantitative estimate of drug-likeness (QED) is 0.502. The summed E-state index contributed by atoms with van der Waals surface area (Å²) in [7, 11) is 0. The molecule has 0 atom stereocenters. The van der Waals surface area contributed by atoms with Crippen molar-refractivity contribution in [2.45, 2.75) is 25.6 Å². The van der Waals surface area contributed by atoms with Crippen molar-refractivity contribution >= 4 is 11.5 Å². The molecule has 4 aromatic rings. The van der Waals surface area contributed by atoms with E-state index in [-0.39, 0.29) is 10.2 Å². The largest absolute Gasteiger partial charge is 0.451 e. The number of tetrazole rings is 1. The highest BCUT2D eigenvalue weighted by Gasteiger charge is 2.39. The van der Waals surface area contributed by atoms with Gasteiger partial charge in [0.2, 0.25) is 5.82 Å². The Kier molecular flexibility index (Phi) is 4.36. The van der Waals surface area contributed by atoms with Crippen molar-refractivity contribution in [1.29, 1.82) is 0 Å². The molecule has 0 amide bonds. The molecular weight excluding hydrogens is 413 g/mol. The van der Waals surface area contributed by atoms with E-state index in [4.69, 9.17) is 0 Å². The monoisotopic (exact) mass is 425 g/mol. The van der Waals surface area contributed by atoms with Gasteiger partial charge in [-0.15, -0.1) is 14.8 Å². The lowest BCUT2D eigenvalue weighted by molar-refractivity contribution is -0.146. The molecule has 0 saturated carbocycles. The lowest BCUT2D eigenvalue weighted by Crippen LogP contribution is -2.29. The van der Waals surface area contributed by atoms with E-state index in [9.17, 15) is 22.0 Å². The Bertz CT molecular complexity index is 1200. The van der Waals surface area contributed by atoms with Crippen LogP contribution in [0.25, 0.3) is 11.3 Å². The molecular formula is C16H12F5N9. The van der Waals surface area contributed by atoms with E-state index >= 15 is 0 Å². The summed E-state index contributed by atoms with van der Waals surface area (Å²) in [6.45, 7) is 3.23. The maximum atomic E-state index is 14.7. The van der Waals surface area contributed by atoms with Gasteiger partial charge in [0.15, 0.2) is 17.3 Å². The minimum atomic E-state index is -4.94. The van der Waals surface area contributed by atoms with E-state index in [0.717, 1.165) is 16.8 Å². The van der Waals surface area contributed by atoms with Gasteiger partial charge in [0.05, 0.1) is 5.54 Å². The number of hydrogen-bond donors (Lipinski definition) is 1. The van der Waals surface area contributed by atoms with E-state index in [0.29, 0.717) is 17.8 Å². The lowest BCUT2D eigenvalue weighted by atomic mass is 9.93. The molecule has 4 rings (SSSR count). The molecule has 0 unspecified atom stereocenters. The summed E-state index contributed by atoms with van der Waals surface area (Å²) < 4.78 is 69.7. The molecule has 14 heteroatoms. The Morgan fingerprint density at radius 1 is 1.03 bits per heavy atom. The van der Waals surface area contributed by atoms with Gasteiger partial charge in [0.25, 0.3) is 0 Å². The van der Waals surface area contributed by atoms with Crippen LogP contribution in [0, 0.1) is 11.6 Å². The van der Waals surface area contributed by atoms with Crippen molar-refractivity contribution in [3.05, 3.63) is 53.6 Å². The van der Waals surface area contributed by atoms with Crippen LogP contribution in [0.4, 0.5) is 27.8 Å². The minimum Gasteiger partial charge on any atom is -0.360 e. The average molecular weight is 425 g/mol. The molecule has 0 radical (unpaired) electrons. The second-order valence-corrected chi connectivity index (χ2v) is 6.78. The minimum absolute atomic E-state index is 0.0854. The van der Waals surface area contributed by atoms with Crippen LogP contribution in [0.3, 0.4) is 0 Å². The number of halogens is 5. The summed E-state index contributed by atoms with van der Waals surface area (Å²) in [5.74, 6) is -3.70. The van der Waals surface area contributed by atoms with Crippen molar-refractivity contribution in [2.24, 2.45) is 0 Å². The number of anilines is 1. The third kappa shape index (κ3) is 3.40. The number of nitrogens with zero attached hydrogens (tertiary/aromatic N) is 8. The second-order valence-electron chi connectivity index (χ2n) is 6.78. The molecule has 0 spiro atoms. The van der Waals surface area contributed by atoms with E-state index in [1.807, 2.05) is 0 Å². The molecule has 0 saturated heterocycles. The lowest BCUT2D eigenvalue weighted by Gasteiger charge is -2.28. The predicted octanol–water partition coefficient (Wildman–Crippen LogP) is 2.74. The molecule has 0 aliphatic heterocycles. The third-order valence-electron chi connectivity index (χ3n) is 4.26. The number of benzene rings is 1. The van der Waals surface area contributed by atoms with Crippen LogP contribution in [-0.2, 0) is 11.7 Å². The van der Waals surface area contributed by atoms with Crippen LogP contribution in [0.2, 0.25) is 0 Å². The number of fused-ring (bicyclic) bond motifs is 1. The molecule has 0 bridgehead atoms. The van der Waals surface area contributed by atoms with Crippen molar-refractivity contribution < 1.29 is 22.0 Å². The highest BCUT2D eigenvalue weighted by Crippen LogP contribution is 2.33. The average Bonchev–Trinajstić information content (AvgIpc) is 3.29. The summed E-state index contributed by atoms with van der Waals surface area (Å²) in [4.78, 5) is 3.05. The zero-order chi connectivity index (χ0) is 21.7. The Balaban J connectivity index is 1.71. The Hall–Kier alpha value is -3.71. The zero-order valence-electron chi connectivity index (χ0n) is 15.4. The number of nitrogens with one attached hydrogen (secondary N) is 1. The van der Waals surface area contributed by atoms with Gasteiger partial charge >= 0.3 is 6.18 Å². The zero-order valence-corrected chi connectivity index (χ0v) is 15.4. The van der Waals surface area contributed by atoms with Gasteiger partial charge < -0.3 is 5.32 Å². The molecule has 1 aromatic carbocycles. The van der Waals surface area contributed by atoms with Crippen molar-refractivity contribution in [3.8, 4) is 5.69 Å². The highest BCUT2D eigenvalue weighted by molar-refractivity contribution is 5.47. The van der Waals surface area contributed by atoms with Gasteiger partial charge in [-0.05, 0) is 54.1 Å². The van der Waals surface area contributed by atoms with Crippen LogP contribution in [0.15, 0.2) is 30.6 Å². The Labute approximate surface area is 164 Å². The van der Waals surface area contributed by atoms with E-state index in [1.165, 1.54) is 0 Å². The van der Waals surface area contributed by atoms with Crippen molar-refractivity contribution in [1.82, 2.24) is 40.0 Å². The fraction of sp³-hybridized carbons (Fsp3) is 0.250. The third-order valence-corrected chi connectivity index (χ3v) is 4.26. The Morgan fingerprint density at radius 2 is 1.73 bits per heavy atom. The molecule has 0 aliphatic rings. The molecule has 0 aliphatic carbocycles. The smallest absolute Gasteiger partial charge is 0.360 e. The first kappa shape index (κ1) is 19.6. The predicted molar refractivity (Wildman–Crippen MR) is 91.5 cm³/mol. The number of hydrogen-bond acceptors (Lipinski definition) is 7. The fourth-order valence-corrected chi connectivity index (χ4v) is 2.84. The van der Waals surface area contributed by atoms with Crippen LogP contribution >= 0.6 is 0 Å². The van der Waals surface area contributed by atoms with Gasteiger partial charge in [0.1, 0.15) is 17.8 Å². The summed E-state index contributed by atoms with van der Waals surface area (Å²) in [6, 6.07) is 4.99. The van der Waals surface area contributed by atoms with Crippen LogP contribution in [-0.4, -0.2) is 40.0 Å². The van der Waals surface area contributed by atoms with Gasteiger partial charge in [0, 0.05) is 0 Å². The van der Waals surface area contributed by atoms with Gasteiger partial charge in [-0.3, -0.25) is 0 Å². The SMILES string of the molecule is CC(C)(Nc1ccc2nnnn2n1)c1cc(F)c(-n2ncnc2C(F)(F)F)c(F)c1. The second kappa shape index (κ2) is 6.67. The molecule has 0 fully saturated rings. The molecule has 156 valence electrons. The Morgan fingerprint density at radius 3 is 2.40 bits per heavy atom. The fourth-order valence-electron chi connectivity index (χ4n) is 2.84. The van der Waals surface area contributed by atoms with Crippen LogP contribution in [0.5, 0.6) is 0 Å². The van der Waals surface area contributed by atoms with E-state index in [1.54, 1.807) is 26.0 Å². The van der Waals surface area contributed by atoms with Crippen LogP contribution in [0.1, 0.15) is 25.2 Å². The standard InChI is InChI=1S/C16H12F5N9/c1-15(2,24-11-3-4-12-25-27-28-30(12)26-11)8-5-9(17)13(10(18)6-8)29-14(16(19,20)21)22-7-23-29/h3-7H,1-2H3,(H,24,26). The number of rotatable bonds is 4. The summed E-state index contributed by atoms with van der Waals surface area (Å²) >= 11 is 0. The normalized spacial score (nSPS) is 12.5. The van der Waals surface area contributed by atoms with Crippen LogP contribution < -0.4 is 5.32 Å². The van der Waals surface area contributed by atoms with Crippen molar-refractivity contribution in [2.75, 3.05) is 5.32 Å². The first-order valence-electron chi connectivity index (χ1n) is 8.37. The first-order valence-corrected chi connectivity index (χ1v) is 8.37. The molecule has 3 heterocycles. The molecule has 9 nitrogen and oxygen atoms in total. The maximum absolute atomic E-state index is 14.7. The molecule has 1 N–H and O–H groups in total. The first-order chi connectivity index (χ1) is 14.1. The summed E-state index contributed by atoms with van der Waals surface area (Å²) in [5, 5.41) is 21.3. The van der Waals surface area contributed by atoms with Gasteiger partial charge in [-0.1, -0.05) is 0 Å². The summed E-state index contributed by atoms with van der Waals surface area (Å²) in [6.07, 6.45) is -4.36. The summed E-state index contributed by atoms with van der Waals surface area (Å²) in [5.41, 5.74) is -1.53.